The van der Waals surface area contributed by atoms with Crippen molar-refractivity contribution in [3.05, 3.63) is 46.5 Å². The van der Waals surface area contributed by atoms with E-state index in [1.165, 1.54) is 0 Å². The Hall–Kier alpha value is -2.42. The van der Waals surface area contributed by atoms with Crippen molar-refractivity contribution in [2.45, 2.75) is 27.7 Å². The van der Waals surface area contributed by atoms with E-state index < -0.39 is 0 Å². The Morgan fingerprint density at radius 3 is 1.48 bits per heavy atom. The molecule has 0 bridgehead atoms. The van der Waals surface area contributed by atoms with Gasteiger partial charge in [-0.1, -0.05) is 0 Å². The molecule has 3 nitrogen and oxygen atoms in total. The molecule has 0 amide bonds. The highest BCUT2D eigenvalue weighted by molar-refractivity contribution is 6.11. The second kappa shape index (κ2) is 4.55. The van der Waals surface area contributed by atoms with Crippen LogP contribution >= 0.6 is 0 Å². The summed E-state index contributed by atoms with van der Waals surface area (Å²) >= 11 is 0. The normalized spacial score (nSPS) is 11.2. The molecule has 0 unspecified atom stereocenters. The first kappa shape index (κ1) is 13.6. The summed E-state index contributed by atoms with van der Waals surface area (Å²) in [6, 6.07) is 7.49. The highest BCUT2D eigenvalue weighted by Crippen LogP contribution is 2.33. The molecule has 3 aromatic rings. The lowest BCUT2D eigenvalue weighted by atomic mass is 9.99. The fourth-order valence-electron chi connectivity index (χ4n) is 2.83. The molecule has 3 rings (SSSR count). The lowest BCUT2D eigenvalue weighted by molar-refractivity contribution is 0.100. The Labute approximate surface area is 122 Å². The molecule has 3 heteroatoms. The van der Waals surface area contributed by atoms with Crippen molar-refractivity contribution in [3.8, 4) is 0 Å². The summed E-state index contributed by atoms with van der Waals surface area (Å²) < 4.78 is 5.86. The van der Waals surface area contributed by atoms with Crippen LogP contribution in [0.4, 0.5) is 0 Å². The number of benzene rings is 2. The van der Waals surface area contributed by atoms with E-state index in [9.17, 15) is 9.59 Å². The molecule has 0 saturated heterocycles. The third-order valence-electron chi connectivity index (χ3n) is 3.92. The van der Waals surface area contributed by atoms with Crippen LogP contribution in [0.2, 0.25) is 0 Å². The maximum atomic E-state index is 11.7. The number of hydrogen-bond acceptors (Lipinski definition) is 3. The van der Waals surface area contributed by atoms with Gasteiger partial charge in [0.1, 0.15) is 11.2 Å². The van der Waals surface area contributed by atoms with E-state index >= 15 is 0 Å². The van der Waals surface area contributed by atoms with Gasteiger partial charge in [0.05, 0.1) is 0 Å². The molecule has 0 N–H and O–H groups in total. The smallest absolute Gasteiger partial charge is 0.160 e. The SMILES string of the molecule is CC(=O)c1cc2c(cc1C)oc1cc(C)c(C(C)=O)cc12. The van der Waals surface area contributed by atoms with E-state index in [0.29, 0.717) is 11.1 Å². The summed E-state index contributed by atoms with van der Waals surface area (Å²) in [6.45, 7) is 6.91. The predicted octanol–water partition coefficient (Wildman–Crippen LogP) is 4.61. The second-order valence-corrected chi connectivity index (χ2v) is 5.54. The van der Waals surface area contributed by atoms with Gasteiger partial charge in [-0.2, -0.15) is 0 Å². The van der Waals surface area contributed by atoms with E-state index in [1.54, 1.807) is 13.8 Å². The van der Waals surface area contributed by atoms with Crippen molar-refractivity contribution >= 4 is 33.5 Å². The molecule has 0 atom stereocenters. The Bertz CT molecular complexity index is 839. The predicted molar refractivity (Wildman–Crippen MR) is 83.2 cm³/mol. The molecule has 1 aromatic heterocycles. The standard InChI is InChI=1S/C18H16O3/c1-9-5-17-15(7-13(9)11(3)19)16-8-14(12(4)20)10(2)6-18(16)21-17/h5-8H,1-4H3. The Morgan fingerprint density at radius 2 is 1.14 bits per heavy atom. The van der Waals surface area contributed by atoms with Gasteiger partial charge in [0.2, 0.25) is 0 Å². The second-order valence-electron chi connectivity index (χ2n) is 5.54. The van der Waals surface area contributed by atoms with Crippen LogP contribution in [0.15, 0.2) is 28.7 Å². The van der Waals surface area contributed by atoms with Gasteiger partial charge in [0.15, 0.2) is 11.6 Å². The molecular formula is C18H16O3. The van der Waals surface area contributed by atoms with Gasteiger partial charge in [-0.15, -0.1) is 0 Å². The quantitative estimate of drug-likeness (QED) is 0.644. The zero-order chi connectivity index (χ0) is 15.3. The van der Waals surface area contributed by atoms with Crippen LogP contribution in [-0.4, -0.2) is 11.6 Å². The number of carbonyl (C=O) groups excluding carboxylic acids is 2. The zero-order valence-corrected chi connectivity index (χ0v) is 12.5. The minimum Gasteiger partial charge on any atom is -0.456 e. The van der Waals surface area contributed by atoms with Gasteiger partial charge in [-0.3, -0.25) is 9.59 Å². The number of aryl methyl sites for hydroxylation is 2. The van der Waals surface area contributed by atoms with Crippen LogP contribution in [0, 0.1) is 13.8 Å². The number of carbonyl (C=O) groups is 2. The molecule has 0 saturated carbocycles. The summed E-state index contributed by atoms with van der Waals surface area (Å²) in [6.07, 6.45) is 0. The van der Waals surface area contributed by atoms with Crippen molar-refractivity contribution in [2.75, 3.05) is 0 Å². The fraction of sp³-hybridized carbons (Fsp3) is 0.222. The zero-order valence-electron chi connectivity index (χ0n) is 12.5. The number of furan rings is 1. The van der Waals surface area contributed by atoms with Crippen LogP contribution in [-0.2, 0) is 0 Å². The van der Waals surface area contributed by atoms with Gasteiger partial charge < -0.3 is 4.42 Å². The number of hydrogen-bond donors (Lipinski definition) is 0. The molecule has 21 heavy (non-hydrogen) atoms. The topological polar surface area (TPSA) is 47.3 Å². The summed E-state index contributed by atoms with van der Waals surface area (Å²) in [4.78, 5) is 23.4. The Morgan fingerprint density at radius 1 is 0.762 bits per heavy atom. The monoisotopic (exact) mass is 280 g/mol. The highest BCUT2D eigenvalue weighted by Gasteiger charge is 2.15. The molecule has 0 aliphatic heterocycles. The molecule has 106 valence electrons. The largest absolute Gasteiger partial charge is 0.456 e. The summed E-state index contributed by atoms with van der Waals surface area (Å²) in [5.41, 5.74) is 4.67. The van der Waals surface area contributed by atoms with Gasteiger partial charge >= 0.3 is 0 Å². The van der Waals surface area contributed by atoms with Crippen LogP contribution in [0.5, 0.6) is 0 Å². The molecule has 2 aromatic carbocycles. The van der Waals surface area contributed by atoms with Gasteiger partial charge in [0.25, 0.3) is 0 Å². The molecule has 0 fully saturated rings. The third-order valence-corrected chi connectivity index (χ3v) is 3.92. The van der Waals surface area contributed by atoms with Crippen molar-refractivity contribution in [2.24, 2.45) is 0 Å². The van der Waals surface area contributed by atoms with E-state index in [-0.39, 0.29) is 11.6 Å². The molecular weight excluding hydrogens is 264 g/mol. The fourth-order valence-corrected chi connectivity index (χ4v) is 2.83. The lowest BCUT2D eigenvalue weighted by Gasteiger charge is -2.02. The van der Waals surface area contributed by atoms with Crippen LogP contribution < -0.4 is 0 Å². The van der Waals surface area contributed by atoms with E-state index in [0.717, 1.165) is 33.1 Å². The van der Waals surface area contributed by atoms with Crippen molar-refractivity contribution in [1.29, 1.82) is 0 Å². The summed E-state index contributed by atoms with van der Waals surface area (Å²) in [5.74, 6) is 0.0605. The Balaban J connectivity index is 2.44. The summed E-state index contributed by atoms with van der Waals surface area (Å²) in [5, 5.41) is 1.76. The van der Waals surface area contributed by atoms with Crippen molar-refractivity contribution < 1.29 is 14.0 Å². The maximum absolute atomic E-state index is 11.7. The molecule has 1 heterocycles. The highest BCUT2D eigenvalue weighted by atomic mass is 16.3. The number of ketones is 2. The maximum Gasteiger partial charge on any atom is 0.160 e. The molecule has 0 radical (unpaired) electrons. The van der Waals surface area contributed by atoms with Crippen LogP contribution in [0.1, 0.15) is 45.7 Å². The van der Waals surface area contributed by atoms with E-state index in [1.807, 2.05) is 38.1 Å². The number of fused-ring (bicyclic) bond motifs is 3. The van der Waals surface area contributed by atoms with Crippen LogP contribution in [0.3, 0.4) is 0 Å². The summed E-state index contributed by atoms with van der Waals surface area (Å²) in [7, 11) is 0. The molecule has 0 aliphatic rings. The van der Waals surface area contributed by atoms with Crippen molar-refractivity contribution in [3.63, 3.8) is 0 Å². The minimum atomic E-state index is 0.0302. The van der Waals surface area contributed by atoms with Gasteiger partial charge in [0, 0.05) is 21.9 Å². The van der Waals surface area contributed by atoms with E-state index in [4.69, 9.17) is 4.42 Å². The van der Waals surface area contributed by atoms with Crippen molar-refractivity contribution in [1.82, 2.24) is 0 Å². The minimum absolute atomic E-state index is 0.0302. The Kier molecular flexibility index (Phi) is 2.94. The first-order chi connectivity index (χ1) is 9.88. The van der Waals surface area contributed by atoms with Gasteiger partial charge in [-0.05, 0) is 63.1 Å². The average molecular weight is 280 g/mol. The molecule has 0 aliphatic carbocycles. The van der Waals surface area contributed by atoms with E-state index in [2.05, 4.69) is 0 Å². The average Bonchev–Trinajstić information content (AvgIpc) is 2.71. The lowest BCUT2D eigenvalue weighted by Crippen LogP contribution is -1.96. The van der Waals surface area contributed by atoms with Crippen LogP contribution in [0.25, 0.3) is 21.9 Å². The third kappa shape index (κ3) is 2.05. The first-order valence-corrected chi connectivity index (χ1v) is 6.88. The number of Topliss-reactive ketones (excluding diaryl/α,β-unsaturated/α-hetero) is 2. The molecule has 0 spiro atoms. The first-order valence-electron chi connectivity index (χ1n) is 6.88. The van der Waals surface area contributed by atoms with Gasteiger partial charge in [-0.25, -0.2) is 0 Å². The number of rotatable bonds is 2.